The molecule has 0 radical (unpaired) electrons. The summed E-state index contributed by atoms with van der Waals surface area (Å²) < 4.78 is 18.9. The number of ether oxygens (including phenoxy) is 1. The predicted octanol–water partition coefficient (Wildman–Crippen LogP) is 4.60. The molecule has 0 saturated heterocycles. The highest BCUT2D eigenvalue weighted by Gasteiger charge is 2.19. The van der Waals surface area contributed by atoms with Crippen LogP contribution in [0.2, 0.25) is 0 Å². The lowest BCUT2D eigenvalue weighted by molar-refractivity contribution is -0.385. The summed E-state index contributed by atoms with van der Waals surface area (Å²) in [5, 5.41) is 10.9. The van der Waals surface area contributed by atoms with Crippen molar-refractivity contribution in [1.29, 1.82) is 0 Å². The Kier molecular flexibility index (Phi) is 3.80. The Morgan fingerprint density at radius 2 is 2.05 bits per heavy atom. The molecule has 0 aliphatic rings. The molecule has 0 saturated carbocycles. The zero-order valence-corrected chi connectivity index (χ0v) is 11.5. The van der Waals surface area contributed by atoms with Crippen LogP contribution in [-0.2, 0) is 0 Å². The number of nitrogens with zero attached hydrogens (tertiary/aromatic N) is 1. The van der Waals surface area contributed by atoms with Gasteiger partial charge in [0.25, 0.3) is 0 Å². The molecule has 0 aliphatic carbocycles. The quantitative estimate of drug-likeness (QED) is 0.612. The molecule has 0 unspecified atom stereocenters. The molecule has 0 spiro atoms. The van der Waals surface area contributed by atoms with Gasteiger partial charge in [0.1, 0.15) is 11.6 Å². The first-order chi connectivity index (χ1) is 8.97. The number of benzene rings is 2. The average molecular weight is 326 g/mol. The fourth-order valence-corrected chi connectivity index (χ4v) is 1.87. The van der Waals surface area contributed by atoms with E-state index in [9.17, 15) is 14.5 Å². The van der Waals surface area contributed by atoms with E-state index in [1.807, 2.05) is 13.0 Å². The van der Waals surface area contributed by atoms with E-state index in [0.29, 0.717) is 5.75 Å². The standard InChI is InChI=1S/C13H9BrFNO3/c1-8-3-2-4-9(5-8)19-13-6-10(14)11(15)7-12(13)16(17)18/h2-7H,1H3. The molecule has 0 fully saturated rings. The third-order valence-electron chi connectivity index (χ3n) is 2.42. The number of rotatable bonds is 3. The third-order valence-corrected chi connectivity index (χ3v) is 3.02. The summed E-state index contributed by atoms with van der Waals surface area (Å²) in [6, 6.07) is 9.14. The van der Waals surface area contributed by atoms with Gasteiger partial charge in [0.15, 0.2) is 0 Å². The van der Waals surface area contributed by atoms with Gasteiger partial charge in [-0.05, 0) is 40.5 Å². The van der Waals surface area contributed by atoms with Crippen LogP contribution in [0.1, 0.15) is 5.56 Å². The van der Waals surface area contributed by atoms with Crippen molar-refractivity contribution in [3.05, 3.63) is 62.4 Å². The highest BCUT2D eigenvalue weighted by atomic mass is 79.9. The molecule has 0 aliphatic heterocycles. The van der Waals surface area contributed by atoms with Crippen molar-refractivity contribution >= 4 is 21.6 Å². The fraction of sp³-hybridized carbons (Fsp3) is 0.0769. The second-order valence-electron chi connectivity index (χ2n) is 3.91. The molecule has 98 valence electrons. The predicted molar refractivity (Wildman–Crippen MR) is 72.0 cm³/mol. The highest BCUT2D eigenvalue weighted by Crippen LogP contribution is 2.35. The first-order valence-electron chi connectivity index (χ1n) is 5.35. The van der Waals surface area contributed by atoms with Gasteiger partial charge in [-0.25, -0.2) is 4.39 Å². The Bertz CT molecular complexity index is 646. The molecular formula is C13H9BrFNO3. The summed E-state index contributed by atoms with van der Waals surface area (Å²) in [5.74, 6) is -0.256. The van der Waals surface area contributed by atoms with E-state index in [1.54, 1.807) is 18.2 Å². The van der Waals surface area contributed by atoms with E-state index >= 15 is 0 Å². The first kappa shape index (κ1) is 13.5. The highest BCUT2D eigenvalue weighted by molar-refractivity contribution is 9.10. The van der Waals surface area contributed by atoms with Crippen LogP contribution in [-0.4, -0.2) is 4.92 Å². The molecule has 19 heavy (non-hydrogen) atoms. The zero-order valence-electron chi connectivity index (χ0n) is 9.89. The van der Waals surface area contributed by atoms with E-state index in [0.717, 1.165) is 11.6 Å². The molecule has 0 bridgehead atoms. The molecule has 0 atom stereocenters. The van der Waals surface area contributed by atoms with Gasteiger partial charge in [0, 0.05) is 6.07 Å². The van der Waals surface area contributed by atoms with Gasteiger partial charge >= 0.3 is 5.69 Å². The zero-order chi connectivity index (χ0) is 14.0. The number of hydrogen-bond acceptors (Lipinski definition) is 3. The van der Waals surface area contributed by atoms with Crippen molar-refractivity contribution in [3.63, 3.8) is 0 Å². The van der Waals surface area contributed by atoms with Crippen LogP contribution in [0, 0.1) is 22.9 Å². The summed E-state index contributed by atoms with van der Waals surface area (Å²) in [7, 11) is 0. The van der Waals surface area contributed by atoms with E-state index < -0.39 is 16.4 Å². The first-order valence-corrected chi connectivity index (χ1v) is 6.14. The SMILES string of the molecule is Cc1cccc(Oc2cc(Br)c(F)cc2[N+](=O)[O-])c1. The molecule has 0 heterocycles. The summed E-state index contributed by atoms with van der Waals surface area (Å²) in [6.07, 6.45) is 0. The van der Waals surface area contributed by atoms with Crippen LogP contribution in [0.3, 0.4) is 0 Å². The third kappa shape index (κ3) is 3.08. The Balaban J connectivity index is 2.44. The van der Waals surface area contributed by atoms with E-state index in [2.05, 4.69) is 15.9 Å². The number of nitro benzene ring substituents is 1. The molecule has 2 aromatic carbocycles. The minimum atomic E-state index is -0.705. The molecule has 4 nitrogen and oxygen atoms in total. The minimum Gasteiger partial charge on any atom is -0.450 e. The van der Waals surface area contributed by atoms with Crippen molar-refractivity contribution in [2.75, 3.05) is 0 Å². The van der Waals surface area contributed by atoms with Crippen molar-refractivity contribution in [3.8, 4) is 11.5 Å². The van der Waals surface area contributed by atoms with Gasteiger partial charge in [-0.1, -0.05) is 12.1 Å². The van der Waals surface area contributed by atoms with Crippen molar-refractivity contribution in [2.45, 2.75) is 6.92 Å². The lowest BCUT2D eigenvalue weighted by Gasteiger charge is -2.07. The van der Waals surface area contributed by atoms with Crippen LogP contribution in [0.5, 0.6) is 11.5 Å². The average Bonchev–Trinajstić information content (AvgIpc) is 2.33. The molecule has 0 amide bonds. The van der Waals surface area contributed by atoms with Crippen molar-refractivity contribution < 1.29 is 14.1 Å². The van der Waals surface area contributed by atoms with Gasteiger partial charge in [-0.2, -0.15) is 0 Å². The number of hydrogen-bond donors (Lipinski definition) is 0. The molecule has 2 aromatic rings. The monoisotopic (exact) mass is 325 g/mol. The summed E-state index contributed by atoms with van der Waals surface area (Å²) in [6.45, 7) is 1.88. The second kappa shape index (κ2) is 5.36. The molecule has 0 aromatic heterocycles. The number of halogens is 2. The minimum absolute atomic E-state index is 0.0103. The topological polar surface area (TPSA) is 52.4 Å². The Morgan fingerprint density at radius 1 is 1.32 bits per heavy atom. The molecular weight excluding hydrogens is 317 g/mol. The van der Waals surface area contributed by atoms with Crippen LogP contribution in [0.15, 0.2) is 40.9 Å². The normalized spacial score (nSPS) is 10.3. The Labute approximate surface area is 117 Å². The summed E-state index contributed by atoms with van der Waals surface area (Å²) in [5.41, 5.74) is 0.545. The molecule has 6 heteroatoms. The van der Waals surface area contributed by atoms with Gasteiger partial charge in [-0.3, -0.25) is 10.1 Å². The molecule has 2 rings (SSSR count). The van der Waals surface area contributed by atoms with E-state index in [-0.39, 0.29) is 10.2 Å². The fourth-order valence-electron chi connectivity index (χ4n) is 1.55. The van der Waals surface area contributed by atoms with Gasteiger partial charge in [0.05, 0.1) is 15.5 Å². The summed E-state index contributed by atoms with van der Waals surface area (Å²) in [4.78, 5) is 10.2. The largest absolute Gasteiger partial charge is 0.450 e. The van der Waals surface area contributed by atoms with Gasteiger partial charge in [-0.15, -0.1) is 0 Å². The maximum Gasteiger partial charge on any atom is 0.314 e. The smallest absolute Gasteiger partial charge is 0.314 e. The van der Waals surface area contributed by atoms with Gasteiger partial charge < -0.3 is 4.74 Å². The lowest BCUT2D eigenvalue weighted by atomic mass is 10.2. The Morgan fingerprint density at radius 3 is 2.68 bits per heavy atom. The maximum absolute atomic E-state index is 13.3. The Hall–Kier alpha value is -1.95. The van der Waals surface area contributed by atoms with Crippen LogP contribution < -0.4 is 4.74 Å². The number of aryl methyl sites for hydroxylation is 1. The van der Waals surface area contributed by atoms with Crippen molar-refractivity contribution in [1.82, 2.24) is 0 Å². The lowest BCUT2D eigenvalue weighted by Crippen LogP contribution is -1.95. The maximum atomic E-state index is 13.3. The van der Waals surface area contributed by atoms with Crippen LogP contribution in [0.4, 0.5) is 10.1 Å². The van der Waals surface area contributed by atoms with Crippen LogP contribution >= 0.6 is 15.9 Å². The van der Waals surface area contributed by atoms with Gasteiger partial charge in [0.2, 0.25) is 5.75 Å². The molecule has 0 N–H and O–H groups in total. The van der Waals surface area contributed by atoms with E-state index in [4.69, 9.17) is 4.74 Å². The second-order valence-corrected chi connectivity index (χ2v) is 4.76. The summed E-state index contributed by atoms with van der Waals surface area (Å²) >= 11 is 2.98. The van der Waals surface area contributed by atoms with E-state index in [1.165, 1.54) is 6.07 Å². The number of nitro groups is 1. The van der Waals surface area contributed by atoms with Crippen LogP contribution in [0.25, 0.3) is 0 Å². The van der Waals surface area contributed by atoms with Crippen molar-refractivity contribution in [2.24, 2.45) is 0 Å².